The van der Waals surface area contributed by atoms with Crippen molar-refractivity contribution in [3.8, 4) is 0 Å². The van der Waals surface area contributed by atoms with Crippen molar-refractivity contribution >= 4 is 29.4 Å². The molecule has 182 valence electrons. The summed E-state index contributed by atoms with van der Waals surface area (Å²) in [5, 5.41) is 13.6. The smallest absolute Gasteiger partial charge is 0.326 e. The van der Waals surface area contributed by atoms with E-state index in [0.717, 1.165) is 37.7 Å². The highest BCUT2D eigenvalue weighted by molar-refractivity contribution is 6.30. The average molecular weight is 479 g/mol. The third kappa shape index (κ3) is 6.48. The summed E-state index contributed by atoms with van der Waals surface area (Å²) < 4.78 is 5.24. The number of likely N-dealkylation sites (tertiary alicyclic amines) is 1. The Morgan fingerprint density at radius 2 is 1.85 bits per heavy atom. The number of fused-ring (bicyclic) bond motifs is 1. The number of amides is 1. The molecular weight excluding hydrogens is 444 g/mol. The van der Waals surface area contributed by atoms with Crippen molar-refractivity contribution in [3.05, 3.63) is 34.9 Å². The molecule has 1 saturated carbocycles. The molecule has 0 spiro atoms. The highest BCUT2D eigenvalue weighted by Crippen LogP contribution is 2.38. The maximum absolute atomic E-state index is 13.5. The maximum Gasteiger partial charge on any atom is 0.326 e. The molecule has 5 atom stereocenters. The molecule has 1 heterocycles. The average Bonchev–Trinajstić information content (AvgIpc) is 2.81. The largest absolute Gasteiger partial charge is 0.480 e. The molecule has 8 heteroatoms. The normalized spacial score (nSPS) is 24.5. The molecule has 2 N–H and O–H groups in total. The second kappa shape index (κ2) is 11.8. The molecule has 0 radical (unpaired) electrons. The number of carboxylic acid groups (broad SMARTS) is 1. The number of rotatable bonds is 9. The first-order chi connectivity index (χ1) is 15.8. The zero-order valence-corrected chi connectivity index (χ0v) is 20.2. The number of piperidine rings is 1. The molecule has 1 aliphatic carbocycles. The maximum atomic E-state index is 13.5. The first kappa shape index (κ1) is 25.5. The fourth-order valence-electron chi connectivity index (χ4n) is 5.26. The predicted molar refractivity (Wildman–Crippen MR) is 126 cm³/mol. The summed E-state index contributed by atoms with van der Waals surface area (Å²) in [5.74, 6) is -1.25. The molecule has 1 saturated heterocycles. The van der Waals surface area contributed by atoms with E-state index in [-0.39, 0.29) is 18.6 Å². The Labute approximate surface area is 200 Å². The van der Waals surface area contributed by atoms with E-state index in [4.69, 9.17) is 16.3 Å². The van der Waals surface area contributed by atoms with Crippen LogP contribution in [0.5, 0.6) is 0 Å². The molecule has 3 unspecified atom stereocenters. The van der Waals surface area contributed by atoms with Crippen LogP contribution < -0.4 is 5.32 Å². The monoisotopic (exact) mass is 478 g/mol. The number of ether oxygens (including phenoxy) is 1. The van der Waals surface area contributed by atoms with Gasteiger partial charge in [-0.1, -0.05) is 36.6 Å². The number of hydrogen-bond acceptors (Lipinski definition) is 5. The van der Waals surface area contributed by atoms with Gasteiger partial charge in [0.2, 0.25) is 5.91 Å². The van der Waals surface area contributed by atoms with Crippen molar-refractivity contribution in [1.82, 2.24) is 10.2 Å². The number of carboxylic acids is 1. The first-order valence-electron chi connectivity index (χ1n) is 12.0. The van der Waals surface area contributed by atoms with Gasteiger partial charge >= 0.3 is 11.9 Å². The molecule has 3 rings (SSSR count). The molecule has 7 nitrogen and oxygen atoms in total. The highest BCUT2D eigenvalue weighted by Gasteiger charge is 2.45. The molecule has 0 bridgehead atoms. The van der Waals surface area contributed by atoms with E-state index in [1.165, 1.54) is 0 Å². The number of carbonyl (C=O) groups is 3. The van der Waals surface area contributed by atoms with Crippen LogP contribution in [0.1, 0.15) is 64.4 Å². The van der Waals surface area contributed by atoms with E-state index < -0.39 is 30.1 Å². The van der Waals surface area contributed by atoms with E-state index in [9.17, 15) is 19.5 Å². The highest BCUT2D eigenvalue weighted by atomic mass is 35.5. The van der Waals surface area contributed by atoms with Crippen molar-refractivity contribution in [2.24, 2.45) is 5.92 Å². The number of nitrogens with zero attached hydrogens (tertiary/aromatic N) is 1. The van der Waals surface area contributed by atoms with Gasteiger partial charge in [0.25, 0.3) is 0 Å². The lowest BCUT2D eigenvalue weighted by Crippen LogP contribution is -2.62. The van der Waals surface area contributed by atoms with Crippen molar-refractivity contribution in [3.63, 3.8) is 0 Å². The number of nitrogens with one attached hydrogen (secondary N) is 1. The minimum Gasteiger partial charge on any atom is -0.480 e. The Balaban J connectivity index is 1.72. The Bertz CT molecular complexity index is 831. The fourth-order valence-corrected chi connectivity index (χ4v) is 5.39. The SMILES string of the molecule is CCOC(=O)C(CCc1ccc(Cl)cc1)N[C@@H](C)C(=O)N1C2CCCCC2CC[C@H]1C(=O)O. The number of aliphatic carboxylic acids is 1. The van der Waals surface area contributed by atoms with E-state index in [1.807, 2.05) is 12.1 Å². The molecule has 2 fully saturated rings. The van der Waals surface area contributed by atoms with Crippen molar-refractivity contribution in [2.75, 3.05) is 6.61 Å². The molecule has 1 amide bonds. The summed E-state index contributed by atoms with van der Waals surface area (Å²) in [6.07, 6.45) is 6.40. The standard InChI is InChI=1S/C25H35ClN2O5/c1-3-33-25(32)20(14-10-17-8-12-19(26)13-9-17)27-16(2)23(29)28-21-7-5-4-6-18(21)11-15-22(28)24(30)31/h8-9,12-13,16,18,20-22,27H,3-7,10-11,14-15H2,1-2H3,(H,30,31)/t16-,18?,20?,21?,22-/m0/s1. The molecule has 1 aliphatic heterocycles. The van der Waals surface area contributed by atoms with Gasteiger partial charge in [0, 0.05) is 11.1 Å². The first-order valence-corrected chi connectivity index (χ1v) is 12.4. The van der Waals surface area contributed by atoms with Gasteiger partial charge in [-0.25, -0.2) is 4.79 Å². The Morgan fingerprint density at radius 3 is 2.52 bits per heavy atom. The lowest BCUT2D eigenvalue weighted by Gasteiger charge is -2.48. The van der Waals surface area contributed by atoms with Crippen molar-refractivity contribution in [2.45, 2.75) is 89.4 Å². The second-order valence-corrected chi connectivity index (χ2v) is 9.58. The van der Waals surface area contributed by atoms with Crippen LogP contribution in [0.4, 0.5) is 0 Å². The van der Waals surface area contributed by atoms with Crippen LogP contribution in [0.25, 0.3) is 0 Å². The number of hydrogen-bond donors (Lipinski definition) is 2. The molecule has 1 aromatic rings. The van der Waals surface area contributed by atoms with E-state index in [0.29, 0.717) is 30.2 Å². The van der Waals surface area contributed by atoms with E-state index in [2.05, 4.69) is 5.32 Å². The van der Waals surface area contributed by atoms with Gasteiger partial charge in [-0.2, -0.15) is 0 Å². The number of carbonyl (C=O) groups excluding carboxylic acids is 2. The summed E-state index contributed by atoms with van der Waals surface area (Å²) in [5.41, 5.74) is 1.03. The number of benzene rings is 1. The lowest BCUT2D eigenvalue weighted by atomic mass is 9.76. The molecule has 2 aliphatic rings. The van der Waals surface area contributed by atoms with E-state index in [1.54, 1.807) is 30.9 Å². The van der Waals surface area contributed by atoms with Crippen LogP contribution in [-0.2, 0) is 25.5 Å². The quantitative estimate of drug-likeness (QED) is 0.524. The van der Waals surface area contributed by atoms with Gasteiger partial charge in [0.1, 0.15) is 12.1 Å². The Kier molecular flexibility index (Phi) is 9.15. The van der Waals surface area contributed by atoms with Gasteiger partial charge in [0.15, 0.2) is 0 Å². The van der Waals surface area contributed by atoms with Crippen LogP contribution in [0, 0.1) is 5.92 Å². The Morgan fingerprint density at radius 1 is 1.15 bits per heavy atom. The number of aryl methyl sites for hydroxylation is 1. The third-order valence-electron chi connectivity index (χ3n) is 6.94. The fraction of sp³-hybridized carbons (Fsp3) is 0.640. The summed E-state index contributed by atoms with van der Waals surface area (Å²) in [6.45, 7) is 3.70. The van der Waals surface area contributed by atoms with Crippen LogP contribution in [0.3, 0.4) is 0 Å². The summed E-state index contributed by atoms with van der Waals surface area (Å²) in [4.78, 5) is 39.7. The molecule has 33 heavy (non-hydrogen) atoms. The lowest BCUT2D eigenvalue weighted by molar-refractivity contribution is -0.159. The van der Waals surface area contributed by atoms with Gasteiger partial charge in [-0.15, -0.1) is 0 Å². The minimum absolute atomic E-state index is 0.0412. The predicted octanol–water partition coefficient (Wildman–Crippen LogP) is 3.82. The molecular formula is C25H35ClN2O5. The third-order valence-corrected chi connectivity index (χ3v) is 7.19. The zero-order chi connectivity index (χ0) is 24.0. The van der Waals surface area contributed by atoms with Gasteiger partial charge in [0.05, 0.1) is 12.6 Å². The molecule has 1 aromatic carbocycles. The second-order valence-electron chi connectivity index (χ2n) is 9.15. The van der Waals surface area contributed by atoms with Gasteiger partial charge in [-0.3, -0.25) is 14.9 Å². The van der Waals surface area contributed by atoms with E-state index >= 15 is 0 Å². The Hall–Kier alpha value is -2.12. The van der Waals surface area contributed by atoms with Crippen LogP contribution >= 0.6 is 11.6 Å². The van der Waals surface area contributed by atoms with Gasteiger partial charge in [-0.05, 0) is 76.0 Å². The number of esters is 1. The summed E-state index contributed by atoms with van der Waals surface area (Å²) >= 11 is 5.96. The number of halogens is 1. The topological polar surface area (TPSA) is 95.9 Å². The van der Waals surface area contributed by atoms with Gasteiger partial charge < -0.3 is 14.7 Å². The van der Waals surface area contributed by atoms with Crippen LogP contribution in [0.15, 0.2) is 24.3 Å². The van der Waals surface area contributed by atoms with Crippen molar-refractivity contribution < 1.29 is 24.2 Å². The van der Waals surface area contributed by atoms with Crippen molar-refractivity contribution in [1.29, 1.82) is 0 Å². The molecule has 0 aromatic heterocycles. The van der Waals surface area contributed by atoms with Crippen LogP contribution in [-0.4, -0.2) is 58.6 Å². The van der Waals surface area contributed by atoms with Crippen LogP contribution in [0.2, 0.25) is 5.02 Å². The zero-order valence-electron chi connectivity index (χ0n) is 19.5. The minimum atomic E-state index is -0.954. The summed E-state index contributed by atoms with van der Waals surface area (Å²) in [6, 6.07) is 5.21. The summed E-state index contributed by atoms with van der Waals surface area (Å²) in [7, 11) is 0.